The Balaban J connectivity index is 2.15. The van der Waals surface area contributed by atoms with Gasteiger partial charge in [0.15, 0.2) is 0 Å². The Labute approximate surface area is 107 Å². The molecule has 90 valence electrons. The first-order valence-corrected chi connectivity index (χ1v) is 5.69. The number of carbonyl (C=O) groups is 1. The summed E-state index contributed by atoms with van der Waals surface area (Å²) in [5.41, 5.74) is 2.79. The zero-order valence-electron chi connectivity index (χ0n) is 10.2. The van der Waals surface area contributed by atoms with Crippen LogP contribution in [0.5, 0.6) is 5.75 Å². The van der Waals surface area contributed by atoms with E-state index in [1.165, 1.54) is 0 Å². The Bertz CT molecular complexity index is 554. The Morgan fingerprint density at radius 2 is 1.56 bits per heavy atom. The normalized spacial score (nSPS) is 10.5. The molecule has 0 bridgehead atoms. The molecule has 0 spiro atoms. The molecule has 0 heterocycles. The molecular weight excluding hydrogens is 224 g/mol. The van der Waals surface area contributed by atoms with E-state index >= 15 is 0 Å². The monoisotopic (exact) mass is 238 g/mol. The second kappa shape index (κ2) is 5.82. The molecule has 0 radical (unpaired) electrons. The molecule has 0 fully saturated rings. The number of hydrogen-bond donors (Lipinski definition) is 0. The van der Waals surface area contributed by atoms with Gasteiger partial charge in [-0.1, -0.05) is 42.5 Å². The molecule has 18 heavy (non-hydrogen) atoms. The van der Waals surface area contributed by atoms with Crippen LogP contribution in [0.3, 0.4) is 0 Å². The van der Waals surface area contributed by atoms with Crippen LogP contribution in [-0.2, 0) is 0 Å². The largest absolute Gasteiger partial charge is 0.497 e. The number of carbonyl (C=O) groups excluding carboxylic acids is 1. The van der Waals surface area contributed by atoms with Crippen LogP contribution in [0.25, 0.3) is 12.2 Å². The van der Waals surface area contributed by atoms with Crippen molar-refractivity contribution in [2.75, 3.05) is 7.11 Å². The van der Waals surface area contributed by atoms with Crippen molar-refractivity contribution in [3.63, 3.8) is 0 Å². The lowest BCUT2D eigenvalue weighted by Gasteiger charge is -1.99. The van der Waals surface area contributed by atoms with Crippen molar-refractivity contribution in [3.8, 4) is 5.75 Å². The first-order valence-electron chi connectivity index (χ1n) is 5.69. The summed E-state index contributed by atoms with van der Waals surface area (Å²) in [5, 5.41) is 0. The highest BCUT2D eigenvalue weighted by atomic mass is 16.5. The van der Waals surface area contributed by atoms with Crippen molar-refractivity contribution in [2.24, 2.45) is 0 Å². The van der Waals surface area contributed by atoms with Crippen LogP contribution < -0.4 is 4.74 Å². The van der Waals surface area contributed by atoms with Gasteiger partial charge in [0.1, 0.15) is 12.0 Å². The summed E-state index contributed by atoms with van der Waals surface area (Å²) in [5.74, 6) is 0.843. The van der Waals surface area contributed by atoms with E-state index in [-0.39, 0.29) is 0 Å². The molecule has 2 aromatic rings. The van der Waals surface area contributed by atoms with Crippen molar-refractivity contribution >= 4 is 18.4 Å². The Morgan fingerprint density at radius 1 is 0.889 bits per heavy atom. The Morgan fingerprint density at radius 3 is 2.22 bits per heavy atom. The number of benzene rings is 2. The lowest BCUT2D eigenvalue weighted by molar-refractivity contribution is 0.112. The first kappa shape index (κ1) is 12.1. The minimum atomic E-state index is 0.687. The van der Waals surface area contributed by atoms with Crippen LogP contribution in [0.2, 0.25) is 0 Å². The second-order valence-electron chi connectivity index (χ2n) is 3.89. The highest BCUT2D eigenvalue weighted by molar-refractivity contribution is 5.78. The van der Waals surface area contributed by atoms with E-state index in [1.807, 2.05) is 54.6 Å². The van der Waals surface area contributed by atoms with Gasteiger partial charge in [-0.3, -0.25) is 4.79 Å². The third kappa shape index (κ3) is 3.08. The minimum absolute atomic E-state index is 0.687. The number of hydrogen-bond acceptors (Lipinski definition) is 2. The Hall–Kier alpha value is -2.35. The van der Waals surface area contributed by atoms with Gasteiger partial charge in [-0.05, 0) is 29.3 Å². The fourth-order valence-electron chi connectivity index (χ4n) is 1.64. The molecule has 0 aromatic heterocycles. The van der Waals surface area contributed by atoms with Gasteiger partial charge >= 0.3 is 0 Å². The van der Waals surface area contributed by atoms with Gasteiger partial charge in [0, 0.05) is 5.56 Å². The quantitative estimate of drug-likeness (QED) is 0.600. The molecule has 2 rings (SSSR count). The maximum atomic E-state index is 10.7. The minimum Gasteiger partial charge on any atom is -0.497 e. The first-order chi connectivity index (χ1) is 8.81. The molecule has 0 N–H and O–H groups in total. The van der Waals surface area contributed by atoms with E-state index in [4.69, 9.17) is 4.74 Å². The van der Waals surface area contributed by atoms with E-state index in [9.17, 15) is 4.79 Å². The summed E-state index contributed by atoms with van der Waals surface area (Å²) >= 11 is 0. The predicted octanol–water partition coefficient (Wildman–Crippen LogP) is 3.68. The number of methoxy groups -OCH3 is 1. The highest BCUT2D eigenvalue weighted by Crippen LogP contribution is 2.14. The molecule has 0 aliphatic carbocycles. The van der Waals surface area contributed by atoms with Crippen LogP contribution >= 0.6 is 0 Å². The molecule has 0 aliphatic heterocycles. The average Bonchev–Trinajstić information content (AvgIpc) is 2.46. The van der Waals surface area contributed by atoms with Crippen molar-refractivity contribution < 1.29 is 9.53 Å². The summed E-state index contributed by atoms with van der Waals surface area (Å²) in [6.45, 7) is 0. The van der Waals surface area contributed by atoms with E-state index in [0.717, 1.165) is 23.2 Å². The smallest absolute Gasteiger partial charge is 0.150 e. The standard InChI is InChI=1S/C16H14O2/c1-18-16-9-7-13(8-10-16)5-6-14-3-2-4-15(11-14)12-17/h2-12H,1H3/b6-5+. The molecule has 0 saturated carbocycles. The summed E-state index contributed by atoms with van der Waals surface area (Å²) in [6, 6.07) is 15.3. The third-order valence-corrected chi connectivity index (χ3v) is 2.63. The molecule has 0 atom stereocenters. The molecule has 2 heteroatoms. The molecule has 0 saturated heterocycles. The number of aldehydes is 1. The fourth-order valence-corrected chi connectivity index (χ4v) is 1.64. The van der Waals surface area contributed by atoms with Crippen LogP contribution in [0.1, 0.15) is 21.5 Å². The fraction of sp³-hybridized carbons (Fsp3) is 0.0625. The average molecular weight is 238 g/mol. The highest BCUT2D eigenvalue weighted by Gasteiger charge is 1.92. The maximum Gasteiger partial charge on any atom is 0.150 e. The van der Waals surface area contributed by atoms with Crippen molar-refractivity contribution in [3.05, 3.63) is 65.2 Å². The van der Waals surface area contributed by atoms with Crippen molar-refractivity contribution in [1.82, 2.24) is 0 Å². The van der Waals surface area contributed by atoms with Crippen LogP contribution in [0.15, 0.2) is 48.5 Å². The van der Waals surface area contributed by atoms with E-state index in [0.29, 0.717) is 5.56 Å². The van der Waals surface area contributed by atoms with Gasteiger partial charge in [-0.2, -0.15) is 0 Å². The summed E-state index contributed by atoms with van der Waals surface area (Å²) < 4.78 is 5.10. The molecule has 0 amide bonds. The zero-order chi connectivity index (χ0) is 12.8. The van der Waals surface area contributed by atoms with Crippen LogP contribution in [0.4, 0.5) is 0 Å². The molecular formula is C16H14O2. The van der Waals surface area contributed by atoms with Gasteiger partial charge in [0.05, 0.1) is 7.11 Å². The van der Waals surface area contributed by atoms with Gasteiger partial charge in [-0.15, -0.1) is 0 Å². The number of rotatable bonds is 4. The lowest BCUT2D eigenvalue weighted by atomic mass is 10.1. The van der Waals surface area contributed by atoms with E-state index in [1.54, 1.807) is 13.2 Å². The molecule has 0 unspecified atom stereocenters. The van der Waals surface area contributed by atoms with Gasteiger partial charge in [0.25, 0.3) is 0 Å². The maximum absolute atomic E-state index is 10.7. The topological polar surface area (TPSA) is 26.3 Å². The molecule has 0 aliphatic rings. The van der Waals surface area contributed by atoms with E-state index in [2.05, 4.69) is 0 Å². The SMILES string of the molecule is COc1ccc(/C=C/c2cccc(C=O)c2)cc1. The van der Waals surface area contributed by atoms with Gasteiger partial charge in [-0.25, -0.2) is 0 Å². The molecule has 2 aromatic carbocycles. The Kier molecular flexibility index (Phi) is 3.92. The summed E-state index contributed by atoms with van der Waals surface area (Å²) in [6.07, 6.45) is 4.84. The summed E-state index contributed by atoms with van der Waals surface area (Å²) in [7, 11) is 1.65. The summed E-state index contributed by atoms with van der Waals surface area (Å²) in [4.78, 5) is 10.7. The molecule has 2 nitrogen and oxygen atoms in total. The second-order valence-corrected chi connectivity index (χ2v) is 3.89. The lowest BCUT2D eigenvalue weighted by Crippen LogP contribution is -1.82. The third-order valence-electron chi connectivity index (χ3n) is 2.63. The van der Waals surface area contributed by atoms with E-state index < -0.39 is 0 Å². The van der Waals surface area contributed by atoms with Crippen molar-refractivity contribution in [2.45, 2.75) is 0 Å². The number of ether oxygens (including phenoxy) is 1. The van der Waals surface area contributed by atoms with Crippen LogP contribution in [0, 0.1) is 0 Å². The van der Waals surface area contributed by atoms with Crippen LogP contribution in [-0.4, -0.2) is 13.4 Å². The predicted molar refractivity (Wildman–Crippen MR) is 73.8 cm³/mol. The van der Waals surface area contributed by atoms with Gasteiger partial charge < -0.3 is 4.74 Å². The zero-order valence-corrected chi connectivity index (χ0v) is 10.2. The van der Waals surface area contributed by atoms with Gasteiger partial charge in [0.2, 0.25) is 0 Å². The van der Waals surface area contributed by atoms with Crippen molar-refractivity contribution in [1.29, 1.82) is 0 Å².